The van der Waals surface area contributed by atoms with Crippen LogP contribution in [-0.4, -0.2) is 5.11 Å². The van der Waals surface area contributed by atoms with Gasteiger partial charge in [0.15, 0.2) is 5.75 Å². The summed E-state index contributed by atoms with van der Waals surface area (Å²) in [6.45, 7) is 0. The second-order valence-corrected chi connectivity index (χ2v) is 4.59. The van der Waals surface area contributed by atoms with Crippen molar-refractivity contribution < 1.29 is 10.2 Å². The molecule has 1 radical (unpaired) electrons. The Hall–Kier alpha value is -1.81. The summed E-state index contributed by atoms with van der Waals surface area (Å²) in [4.78, 5) is 1.96. The molecule has 4 heteroatoms. The molecule has 2 N–H and O–H groups in total. The van der Waals surface area contributed by atoms with E-state index >= 15 is 0 Å². The van der Waals surface area contributed by atoms with Gasteiger partial charge in [0.05, 0.1) is 11.4 Å². The highest BCUT2D eigenvalue weighted by Crippen LogP contribution is 2.50. The molecule has 2 aromatic carbocycles. The number of hydrogen-bond acceptors (Lipinski definition) is 3. The van der Waals surface area contributed by atoms with Crippen molar-refractivity contribution in [3.05, 3.63) is 36.4 Å². The Bertz CT molecular complexity index is 569. The molecule has 16 heavy (non-hydrogen) atoms. The van der Waals surface area contributed by atoms with Crippen molar-refractivity contribution >= 4 is 23.1 Å². The first-order valence-corrected chi connectivity index (χ1v) is 5.64. The van der Waals surface area contributed by atoms with Crippen LogP contribution in [0.2, 0.25) is 0 Å². The van der Waals surface area contributed by atoms with Crippen LogP contribution in [0.3, 0.4) is 0 Å². The van der Waals surface area contributed by atoms with Gasteiger partial charge < -0.3 is 10.4 Å². The Morgan fingerprint density at radius 1 is 1.06 bits per heavy atom. The predicted octanol–water partition coefficient (Wildman–Crippen LogP) is 3.74. The molecule has 0 fully saturated rings. The minimum Gasteiger partial charge on any atom is -0.503 e. The highest BCUT2D eigenvalue weighted by atomic mass is 32.2. The van der Waals surface area contributed by atoms with Crippen molar-refractivity contribution in [1.82, 2.24) is 0 Å². The molecule has 0 atom stereocenters. The van der Waals surface area contributed by atoms with Crippen molar-refractivity contribution in [2.45, 2.75) is 9.79 Å². The molecule has 0 spiro atoms. The van der Waals surface area contributed by atoms with E-state index in [9.17, 15) is 10.2 Å². The molecule has 0 aromatic heterocycles. The lowest BCUT2D eigenvalue weighted by Crippen LogP contribution is -1.99. The van der Waals surface area contributed by atoms with Crippen LogP contribution in [-0.2, 0) is 5.11 Å². The fourth-order valence-electron chi connectivity index (χ4n) is 1.67. The van der Waals surface area contributed by atoms with Gasteiger partial charge in [-0.15, -0.1) is 0 Å². The van der Waals surface area contributed by atoms with E-state index in [2.05, 4.69) is 5.32 Å². The number of anilines is 2. The zero-order valence-corrected chi connectivity index (χ0v) is 9.04. The van der Waals surface area contributed by atoms with Crippen LogP contribution in [0.5, 0.6) is 11.5 Å². The molecule has 0 saturated carbocycles. The van der Waals surface area contributed by atoms with E-state index in [-0.39, 0.29) is 11.5 Å². The monoisotopic (exact) mass is 230 g/mol. The number of nitrogens with one attached hydrogen (secondary N) is 1. The molecule has 3 rings (SSSR count). The summed E-state index contributed by atoms with van der Waals surface area (Å²) >= 11 is 1.54. The first kappa shape index (κ1) is 9.42. The molecular formula is C12H8NO2S. The summed E-state index contributed by atoms with van der Waals surface area (Å²) in [5.74, 6) is -0.564. The first-order valence-electron chi connectivity index (χ1n) is 4.82. The zero-order valence-electron chi connectivity index (χ0n) is 8.23. The fraction of sp³-hybridized carbons (Fsp3) is 0. The summed E-state index contributed by atoms with van der Waals surface area (Å²) < 4.78 is 0. The van der Waals surface area contributed by atoms with Gasteiger partial charge in [0, 0.05) is 9.79 Å². The Balaban J connectivity index is 2.16. The average molecular weight is 230 g/mol. The van der Waals surface area contributed by atoms with Gasteiger partial charge in [-0.05, 0) is 24.3 Å². The molecule has 1 heterocycles. The standard InChI is InChI=1S/C12H8NO2S/c14-8-5-6-10-11(12(8)15)13-7-3-1-2-4-9(7)16-10/h1-6,13,15H. The first-order chi connectivity index (χ1) is 7.75. The molecule has 3 nitrogen and oxygen atoms in total. The maximum Gasteiger partial charge on any atom is 0.222 e. The maximum absolute atomic E-state index is 11.3. The third-order valence-electron chi connectivity index (χ3n) is 2.47. The number of phenolic OH excluding ortho intramolecular Hbond substituents is 1. The third-order valence-corrected chi connectivity index (χ3v) is 3.61. The second-order valence-electron chi connectivity index (χ2n) is 3.51. The molecule has 0 saturated heterocycles. The Labute approximate surface area is 96.7 Å². The molecule has 1 aliphatic heterocycles. The molecule has 1 aliphatic rings. The minimum atomic E-state index is -0.355. The summed E-state index contributed by atoms with van der Waals surface area (Å²) in [6, 6.07) is 10.9. The summed E-state index contributed by atoms with van der Waals surface area (Å²) in [5, 5.41) is 24.1. The molecule has 0 unspecified atom stereocenters. The van der Waals surface area contributed by atoms with E-state index in [1.807, 2.05) is 24.3 Å². The van der Waals surface area contributed by atoms with Gasteiger partial charge in [0.25, 0.3) is 0 Å². The molecule has 0 amide bonds. The SMILES string of the molecule is [O]c1ccc2c(c1O)Nc1ccccc1S2. The number of fused-ring (bicyclic) bond motifs is 2. The number of phenols is 1. The lowest BCUT2D eigenvalue weighted by molar-refractivity contribution is 0.325. The fourth-order valence-corrected chi connectivity index (χ4v) is 2.67. The summed E-state index contributed by atoms with van der Waals surface area (Å²) in [6.07, 6.45) is 0. The largest absolute Gasteiger partial charge is 0.503 e. The quantitative estimate of drug-likeness (QED) is 0.578. The topological polar surface area (TPSA) is 52.2 Å². The van der Waals surface area contributed by atoms with Gasteiger partial charge in [-0.25, -0.2) is 0 Å². The number of hydrogen-bond donors (Lipinski definition) is 2. The smallest absolute Gasteiger partial charge is 0.222 e. The van der Waals surface area contributed by atoms with Crippen molar-refractivity contribution in [2.24, 2.45) is 0 Å². The molecule has 79 valence electrons. The zero-order chi connectivity index (χ0) is 11.1. The van der Waals surface area contributed by atoms with Crippen molar-refractivity contribution in [2.75, 3.05) is 5.32 Å². The van der Waals surface area contributed by atoms with Crippen molar-refractivity contribution in [3.63, 3.8) is 0 Å². The van der Waals surface area contributed by atoms with Crippen molar-refractivity contribution in [1.29, 1.82) is 0 Å². The number of benzene rings is 2. The Kier molecular flexibility index (Phi) is 1.97. The highest BCUT2D eigenvalue weighted by Gasteiger charge is 2.20. The minimum absolute atomic E-state index is 0.209. The summed E-state index contributed by atoms with van der Waals surface area (Å²) in [5.41, 5.74) is 1.43. The van der Waals surface area contributed by atoms with Crippen LogP contribution in [0.25, 0.3) is 0 Å². The van der Waals surface area contributed by atoms with Crippen LogP contribution < -0.4 is 5.32 Å². The Morgan fingerprint density at radius 3 is 2.75 bits per heavy atom. The molecule has 0 bridgehead atoms. The average Bonchev–Trinajstić information content (AvgIpc) is 2.32. The summed E-state index contributed by atoms with van der Waals surface area (Å²) in [7, 11) is 0. The van der Waals surface area contributed by atoms with Crippen LogP contribution in [0.15, 0.2) is 46.2 Å². The number of rotatable bonds is 0. The van der Waals surface area contributed by atoms with E-state index in [0.29, 0.717) is 5.69 Å². The number of para-hydroxylation sites is 1. The predicted molar refractivity (Wildman–Crippen MR) is 62.1 cm³/mol. The van der Waals surface area contributed by atoms with Crippen LogP contribution in [0.1, 0.15) is 0 Å². The van der Waals surface area contributed by atoms with Gasteiger partial charge in [-0.2, -0.15) is 0 Å². The van der Waals surface area contributed by atoms with Gasteiger partial charge in [-0.3, -0.25) is 5.11 Å². The lowest BCUT2D eigenvalue weighted by atomic mass is 10.2. The van der Waals surface area contributed by atoms with Crippen LogP contribution in [0.4, 0.5) is 11.4 Å². The molecule has 2 aromatic rings. The highest BCUT2D eigenvalue weighted by molar-refractivity contribution is 7.99. The van der Waals surface area contributed by atoms with Gasteiger partial charge in [-0.1, -0.05) is 23.9 Å². The van der Waals surface area contributed by atoms with Gasteiger partial charge in [0.2, 0.25) is 5.75 Å². The van der Waals surface area contributed by atoms with E-state index in [1.54, 1.807) is 17.8 Å². The normalized spacial score (nSPS) is 12.5. The number of aromatic hydroxyl groups is 1. The van der Waals surface area contributed by atoms with Gasteiger partial charge >= 0.3 is 0 Å². The Morgan fingerprint density at radius 2 is 1.88 bits per heavy atom. The van der Waals surface area contributed by atoms with Crippen LogP contribution in [0, 0.1) is 0 Å². The van der Waals surface area contributed by atoms with Gasteiger partial charge in [0.1, 0.15) is 0 Å². The molecular weight excluding hydrogens is 222 g/mol. The third kappa shape index (κ3) is 1.31. The molecule has 0 aliphatic carbocycles. The van der Waals surface area contributed by atoms with E-state index in [4.69, 9.17) is 0 Å². The van der Waals surface area contributed by atoms with E-state index in [1.165, 1.54) is 6.07 Å². The maximum atomic E-state index is 11.3. The van der Waals surface area contributed by atoms with E-state index in [0.717, 1.165) is 15.5 Å². The van der Waals surface area contributed by atoms with Crippen LogP contribution >= 0.6 is 11.8 Å². The van der Waals surface area contributed by atoms with Crippen molar-refractivity contribution in [3.8, 4) is 11.5 Å². The van der Waals surface area contributed by atoms with E-state index < -0.39 is 0 Å². The lowest BCUT2D eigenvalue weighted by Gasteiger charge is -2.21. The second kappa shape index (κ2) is 3.35.